The molecule has 1 atom stereocenters. The number of alkyl halides is 1. The van der Waals surface area contributed by atoms with Crippen molar-refractivity contribution in [3.05, 3.63) is 0 Å². The summed E-state index contributed by atoms with van der Waals surface area (Å²) in [6, 6.07) is 0. The van der Waals surface area contributed by atoms with E-state index in [1.807, 2.05) is 0 Å². The van der Waals surface area contributed by atoms with Crippen molar-refractivity contribution in [3.8, 4) is 0 Å². The molecule has 0 amide bonds. The van der Waals surface area contributed by atoms with Crippen LogP contribution < -0.4 is 0 Å². The molecule has 0 bridgehead atoms. The lowest BCUT2D eigenvalue weighted by molar-refractivity contribution is 0.144. The monoisotopic (exact) mass is 302 g/mol. The molecule has 0 aromatic heterocycles. The molecule has 0 aromatic rings. The van der Waals surface area contributed by atoms with Crippen molar-refractivity contribution < 1.29 is 4.18 Å². The second-order valence-corrected chi connectivity index (χ2v) is 7.93. The van der Waals surface area contributed by atoms with Gasteiger partial charge in [-0.2, -0.15) is 0 Å². The Morgan fingerprint density at radius 1 is 1.17 bits per heavy atom. The van der Waals surface area contributed by atoms with Gasteiger partial charge in [-0.3, -0.25) is 0 Å². The summed E-state index contributed by atoms with van der Waals surface area (Å²) in [6.45, 7) is 12.9. The molecule has 0 saturated heterocycles. The van der Waals surface area contributed by atoms with Crippen molar-refractivity contribution in [2.24, 2.45) is 0 Å². The van der Waals surface area contributed by atoms with Crippen molar-refractivity contribution in [2.75, 3.05) is 0 Å². The first kappa shape index (κ1) is 13.0. The van der Waals surface area contributed by atoms with Crippen molar-refractivity contribution in [1.82, 2.24) is 0 Å². The van der Waals surface area contributed by atoms with Crippen LogP contribution in [0.5, 0.6) is 0 Å². The number of hydrogen-bond donors (Lipinski definition) is 0. The average Bonchev–Trinajstić information content (AvgIpc) is 1.82. The molecule has 0 rings (SSSR count). The third kappa shape index (κ3) is 5.65. The van der Waals surface area contributed by atoms with E-state index in [2.05, 4.69) is 64.1 Å². The third-order valence-electron chi connectivity index (χ3n) is 1.46. The van der Waals surface area contributed by atoms with E-state index < -0.39 is 0 Å². The fourth-order valence-corrected chi connectivity index (χ4v) is 1.21. The van der Waals surface area contributed by atoms with E-state index in [-0.39, 0.29) is 10.3 Å². The smallest absolute Gasteiger partial charge is 0.0887 e. The Labute approximate surface area is 94.4 Å². The summed E-state index contributed by atoms with van der Waals surface area (Å²) in [6.07, 6.45) is 0. The molecular formula is C9H19IOS. The first-order valence-electron chi connectivity index (χ1n) is 4.16. The second-order valence-electron chi connectivity index (χ2n) is 4.50. The van der Waals surface area contributed by atoms with Crippen LogP contribution in [0.4, 0.5) is 0 Å². The Morgan fingerprint density at radius 3 is 1.83 bits per heavy atom. The fourth-order valence-electron chi connectivity index (χ4n) is 0.299. The summed E-state index contributed by atoms with van der Waals surface area (Å²) in [4.78, 5) is 0. The molecule has 0 aromatic carbocycles. The predicted molar refractivity (Wildman–Crippen MR) is 66.0 cm³/mol. The molecule has 1 unspecified atom stereocenters. The minimum absolute atomic E-state index is 0.0431. The van der Waals surface area contributed by atoms with Crippen molar-refractivity contribution in [1.29, 1.82) is 0 Å². The summed E-state index contributed by atoms with van der Waals surface area (Å²) in [7, 11) is 0. The lowest BCUT2D eigenvalue weighted by Crippen LogP contribution is -2.32. The highest BCUT2D eigenvalue weighted by Gasteiger charge is 2.27. The Hall–Kier alpha value is 1.04. The van der Waals surface area contributed by atoms with E-state index >= 15 is 0 Å². The van der Waals surface area contributed by atoms with Gasteiger partial charge in [0.05, 0.1) is 5.60 Å². The van der Waals surface area contributed by atoms with Crippen molar-refractivity contribution in [3.63, 3.8) is 0 Å². The molecule has 1 nitrogen and oxygen atoms in total. The maximum absolute atomic E-state index is 5.76. The summed E-state index contributed by atoms with van der Waals surface area (Å²) in [5.74, 6) is 0. The Balaban J connectivity index is 3.93. The van der Waals surface area contributed by atoms with Crippen LogP contribution in [-0.2, 0) is 4.18 Å². The summed E-state index contributed by atoms with van der Waals surface area (Å²) in [5.41, 5.74) is -0.0431. The van der Waals surface area contributed by atoms with Crippen LogP contribution >= 0.6 is 34.6 Å². The van der Waals surface area contributed by atoms with Crippen LogP contribution in [0.25, 0.3) is 0 Å². The Bertz CT molecular complexity index is 138. The van der Waals surface area contributed by atoms with Crippen molar-refractivity contribution >= 4 is 34.6 Å². The molecule has 0 aliphatic heterocycles. The number of rotatable bonds is 3. The molecule has 12 heavy (non-hydrogen) atoms. The molecule has 0 aliphatic carbocycles. The molecular weight excluding hydrogens is 283 g/mol. The zero-order valence-corrected chi connectivity index (χ0v) is 11.7. The van der Waals surface area contributed by atoms with E-state index in [0.29, 0.717) is 3.92 Å². The molecule has 0 N–H and O–H groups in total. The lowest BCUT2D eigenvalue weighted by Gasteiger charge is -2.30. The van der Waals surface area contributed by atoms with Gasteiger partial charge in [-0.1, -0.05) is 29.5 Å². The fraction of sp³-hybridized carbons (Fsp3) is 1.00. The Kier molecular flexibility index (Phi) is 4.90. The molecule has 0 fully saturated rings. The van der Waals surface area contributed by atoms with Crippen LogP contribution in [0.2, 0.25) is 0 Å². The number of hydrogen-bond acceptors (Lipinski definition) is 2. The zero-order valence-electron chi connectivity index (χ0n) is 8.77. The molecule has 0 saturated carbocycles. The second kappa shape index (κ2) is 4.51. The first-order chi connectivity index (χ1) is 5.15. The largest absolute Gasteiger partial charge is 0.308 e. The highest BCUT2D eigenvalue weighted by atomic mass is 127. The highest BCUT2D eigenvalue weighted by molar-refractivity contribution is 14.1. The van der Waals surface area contributed by atoms with Crippen LogP contribution in [0, 0.1) is 0 Å². The van der Waals surface area contributed by atoms with Gasteiger partial charge in [0.25, 0.3) is 0 Å². The normalized spacial score (nSPS) is 16.2. The van der Waals surface area contributed by atoms with Gasteiger partial charge < -0.3 is 4.18 Å². The van der Waals surface area contributed by atoms with Gasteiger partial charge in [0, 0.05) is 8.67 Å². The molecule has 0 heterocycles. The maximum Gasteiger partial charge on any atom is 0.0887 e. The zero-order chi connectivity index (χ0) is 9.99. The molecule has 0 spiro atoms. The lowest BCUT2D eigenvalue weighted by atomic mass is 10.1. The van der Waals surface area contributed by atoms with E-state index in [0.717, 1.165) is 0 Å². The van der Waals surface area contributed by atoms with Gasteiger partial charge >= 0.3 is 0 Å². The quantitative estimate of drug-likeness (QED) is 0.442. The van der Waals surface area contributed by atoms with Crippen LogP contribution in [0.3, 0.4) is 0 Å². The van der Waals surface area contributed by atoms with Gasteiger partial charge in [0.15, 0.2) is 0 Å². The number of halogens is 1. The van der Waals surface area contributed by atoms with Gasteiger partial charge in [0.1, 0.15) is 0 Å². The first-order valence-corrected chi connectivity index (χ1v) is 6.15. The molecule has 0 radical (unpaired) electrons. The van der Waals surface area contributed by atoms with E-state index in [9.17, 15) is 0 Å². The van der Waals surface area contributed by atoms with E-state index in [1.165, 1.54) is 0 Å². The summed E-state index contributed by atoms with van der Waals surface area (Å²) < 4.78 is 6.47. The van der Waals surface area contributed by atoms with Crippen LogP contribution in [-0.4, -0.2) is 14.3 Å². The summed E-state index contributed by atoms with van der Waals surface area (Å²) in [5, 5.41) is 0. The van der Waals surface area contributed by atoms with Crippen molar-refractivity contribution in [2.45, 2.75) is 55.8 Å². The van der Waals surface area contributed by atoms with Gasteiger partial charge in [0.2, 0.25) is 0 Å². The van der Waals surface area contributed by atoms with Gasteiger partial charge in [-0.05, 0) is 46.7 Å². The highest BCUT2D eigenvalue weighted by Crippen LogP contribution is 2.33. The minimum Gasteiger partial charge on any atom is -0.308 e. The van der Waals surface area contributed by atoms with Crippen LogP contribution in [0.15, 0.2) is 0 Å². The topological polar surface area (TPSA) is 9.23 Å². The minimum atomic E-state index is -0.0431. The maximum atomic E-state index is 5.76. The Morgan fingerprint density at radius 2 is 1.58 bits per heavy atom. The molecule has 74 valence electrons. The predicted octanol–water partition coefficient (Wildman–Crippen LogP) is 4.05. The summed E-state index contributed by atoms with van der Waals surface area (Å²) >= 11 is 3.96. The van der Waals surface area contributed by atoms with Crippen LogP contribution in [0.1, 0.15) is 41.5 Å². The molecule has 0 aliphatic rings. The molecule has 3 heteroatoms. The SMILES string of the molecule is CC(I)C(C)(C)OSC(C)(C)C. The van der Waals surface area contributed by atoms with Gasteiger partial charge in [-0.15, -0.1) is 0 Å². The van der Waals surface area contributed by atoms with E-state index in [1.54, 1.807) is 12.0 Å². The van der Waals surface area contributed by atoms with E-state index in [4.69, 9.17) is 4.18 Å². The third-order valence-corrected chi connectivity index (χ3v) is 3.98. The van der Waals surface area contributed by atoms with Gasteiger partial charge in [-0.25, -0.2) is 0 Å². The standard InChI is InChI=1S/C9H19IOS/c1-7(10)9(5,6)11-12-8(2,3)4/h7H,1-6H3. The average molecular weight is 302 g/mol.